The van der Waals surface area contributed by atoms with Crippen molar-refractivity contribution in [2.45, 2.75) is 109 Å². The number of anilines is 1. The van der Waals surface area contributed by atoms with Crippen LogP contribution in [-0.2, 0) is 20.4 Å². The number of nitrogens with zero attached hydrogens (tertiary/aromatic N) is 2. The molecule has 0 spiro atoms. The Morgan fingerprint density at radius 3 is 2.02 bits per heavy atom. The van der Waals surface area contributed by atoms with Crippen LogP contribution in [0.3, 0.4) is 0 Å². The maximum atomic E-state index is 12.5. The number of amides is 2. The molecule has 1 aliphatic carbocycles. The van der Waals surface area contributed by atoms with Gasteiger partial charge in [-0.05, 0) is 81.2 Å². The Kier molecular flexibility index (Phi) is 13.9. The number of fused-ring (bicyclic) bond motifs is 2. The Morgan fingerprint density at radius 2 is 1.37 bits per heavy atom. The van der Waals surface area contributed by atoms with E-state index in [1.807, 2.05) is 34.9 Å². The maximum Gasteiger partial charge on any atom is 0.405 e. The van der Waals surface area contributed by atoms with Crippen LogP contribution in [0.4, 0.5) is 37.7 Å². The maximum absolute atomic E-state index is 12.5. The lowest BCUT2D eigenvalue weighted by atomic mass is 9.81. The molecule has 13 heteroatoms. The summed E-state index contributed by atoms with van der Waals surface area (Å²) in [6.45, 7) is 7.20. The summed E-state index contributed by atoms with van der Waals surface area (Å²) in [4.78, 5) is 26.3. The number of hydrogen-bond donors (Lipinski definition) is 2. The van der Waals surface area contributed by atoms with Gasteiger partial charge in [0.1, 0.15) is 19.6 Å². The van der Waals surface area contributed by atoms with Gasteiger partial charge in [-0.25, -0.2) is 0 Å². The lowest BCUT2D eigenvalue weighted by Gasteiger charge is -2.27. The van der Waals surface area contributed by atoms with Gasteiger partial charge in [0.25, 0.3) is 0 Å². The van der Waals surface area contributed by atoms with Gasteiger partial charge in [0.15, 0.2) is 5.71 Å². The highest BCUT2D eigenvalue weighted by molar-refractivity contribution is 6.32. The highest BCUT2D eigenvalue weighted by Crippen LogP contribution is 2.48. The molecule has 0 fully saturated rings. The average Bonchev–Trinajstić information content (AvgIpc) is 3.50. The van der Waals surface area contributed by atoms with Crippen molar-refractivity contribution in [3.05, 3.63) is 106 Å². The fraction of sp³-hybridized carbons (Fsp3) is 0.477. The normalized spacial score (nSPS) is 19.2. The number of halogens is 7. The fourth-order valence-corrected chi connectivity index (χ4v) is 8.33. The topological polar surface area (TPSA) is 64.5 Å². The quantitative estimate of drug-likeness (QED) is 0.107. The van der Waals surface area contributed by atoms with Crippen molar-refractivity contribution in [3.63, 3.8) is 0 Å². The number of allylic oxidation sites excluding steroid dienone is 8. The molecule has 0 unspecified atom stereocenters. The predicted molar refractivity (Wildman–Crippen MR) is 214 cm³/mol. The van der Waals surface area contributed by atoms with Crippen LogP contribution in [0.15, 0.2) is 94.7 Å². The van der Waals surface area contributed by atoms with E-state index >= 15 is 0 Å². The van der Waals surface area contributed by atoms with E-state index in [0.29, 0.717) is 43.8 Å². The second-order valence-electron chi connectivity index (χ2n) is 15.9. The zero-order chi connectivity index (χ0) is 41.6. The van der Waals surface area contributed by atoms with Crippen molar-refractivity contribution in [2.24, 2.45) is 0 Å². The van der Waals surface area contributed by atoms with Crippen LogP contribution in [0, 0.1) is 0 Å². The molecule has 0 radical (unpaired) electrons. The van der Waals surface area contributed by atoms with E-state index in [0.717, 1.165) is 64.3 Å². The summed E-state index contributed by atoms with van der Waals surface area (Å²) in [5.41, 5.74) is 7.96. The average molecular weight is 818 g/mol. The van der Waals surface area contributed by atoms with Gasteiger partial charge >= 0.3 is 12.4 Å². The molecule has 2 heterocycles. The predicted octanol–water partition coefficient (Wildman–Crippen LogP) is 10.6. The van der Waals surface area contributed by atoms with Gasteiger partial charge < -0.3 is 15.5 Å². The summed E-state index contributed by atoms with van der Waals surface area (Å²) in [6, 6.07) is 16.3. The zero-order valence-electron chi connectivity index (χ0n) is 33.0. The Hall–Kier alpha value is -4.32. The molecule has 6 nitrogen and oxygen atoms in total. The van der Waals surface area contributed by atoms with Gasteiger partial charge in [0.2, 0.25) is 17.5 Å². The summed E-state index contributed by atoms with van der Waals surface area (Å²) in [6.07, 6.45) is 4.21. The van der Waals surface area contributed by atoms with Crippen molar-refractivity contribution in [2.75, 3.05) is 31.1 Å². The third-order valence-electron chi connectivity index (χ3n) is 11.0. The minimum Gasteiger partial charge on any atom is -0.347 e. The van der Waals surface area contributed by atoms with Crippen molar-refractivity contribution < 1.29 is 40.5 Å². The van der Waals surface area contributed by atoms with Gasteiger partial charge in [-0.1, -0.05) is 74.0 Å². The first kappa shape index (κ1) is 43.8. The molecule has 2 N–H and O–H groups in total. The number of carbonyl (C=O) groups excluding carboxylic acids is 2. The molecule has 57 heavy (non-hydrogen) atoms. The second kappa shape index (κ2) is 18.1. The molecule has 2 aromatic carbocycles. The summed E-state index contributed by atoms with van der Waals surface area (Å²) in [7, 11) is 0. The Bertz CT molecular complexity index is 1970. The third-order valence-corrected chi connectivity index (χ3v) is 11.5. The van der Waals surface area contributed by atoms with E-state index in [4.69, 9.17) is 11.6 Å². The number of nitrogens with one attached hydrogen (secondary N) is 2. The number of rotatable bonds is 15. The highest BCUT2D eigenvalue weighted by atomic mass is 35.5. The molecule has 0 aromatic heterocycles. The molecule has 0 atom stereocenters. The first-order chi connectivity index (χ1) is 26.8. The molecule has 0 saturated heterocycles. The number of unbranched alkanes of at least 4 members (excludes halogenated alkanes) is 2. The van der Waals surface area contributed by atoms with E-state index in [1.54, 1.807) is 0 Å². The van der Waals surface area contributed by atoms with Crippen LogP contribution < -0.4 is 15.5 Å². The molecule has 308 valence electrons. The van der Waals surface area contributed by atoms with Gasteiger partial charge in [-0.2, -0.15) is 30.9 Å². The Morgan fingerprint density at radius 1 is 0.772 bits per heavy atom. The van der Waals surface area contributed by atoms with Crippen molar-refractivity contribution in [1.82, 2.24) is 10.6 Å². The zero-order valence-corrected chi connectivity index (χ0v) is 33.7. The lowest BCUT2D eigenvalue weighted by molar-refractivity contribution is -0.438. The van der Waals surface area contributed by atoms with Crippen LogP contribution in [-0.4, -0.2) is 60.6 Å². The van der Waals surface area contributed by atoms with E-state index in [-0.39, 0.29) is 23.7 Å². The lowest BCUT2D eigenvalue weighted by Crippen LogP contribution is -2.33. The SMILES string of the molecule is CC1(C)C(=CC=C2CCCC(C=CC3=[N+](CCCCC(=O)NCC(F)(F)F)c4ccccc4C3(C)C)=C2Cl)N(CCCCC(=O)NCC(F)(F)F)c2ccccc21. The van der Waals surface area contributed by atoms with Crippen molar-refractivity contribution >= 4 is 40.5 Å². The molecule has 0 saturated carbocycles. The number of benzene rings is 2. The number of para-hydroxylation sites is 2. The van der Waals surface area contributed by atoms with Gasteiger partial charge in [-0.3, -0.25) is 9.59 Å². The Balaban J connectivity index is 1.34. The summed E-state index contributed by atoms with van der Waals surface area (Å²) in [5, 5.41) is 4.59. The molecule has 5 rings (SSSR count). The van der Waals surface area contributed by atoms with Crippen LogP contribution in [0.1, 0.15) is 96.6 Å². The minimum atomic E-state index is -4.44. The molecule has 2 aliphatic heterocycles. The summed E-state index contributed by atoms with van der Waals surface area (Å²) >= 11 is 7.16. The molecular weight excluding hydrogens is 766 g/mol. The first-order valence-corrected chi connectivity index (χ1v) is 19.9. The van der Waals surface area contributed by atoms with Crippen molar-refractivity contribution in [3.8, 4) is 0 Å². The summed E-state index contributed by atoms with van der Waals surface area (Å²) < 4.78 is 77.4. The molecule has 2 amide bonds. The van der Waals surface area contributed by atoms with Crippen LogP contribution >= 0.6 is 11.6 Å². The number of alkyl halides is 6. The summed E-state index contributed by atoms with van der Waals surface area (Å²) in [5.74, 6) is -1.23. The van der Waals surface area contributed by atoms with Gasteiger partial charge in [0.05, 0.1) is 5.41 Å². The minimum absolute atomic E-state index is 0.0159. The highest BCUT2D eigenvalue weighted by Gasteiger charge is 2.44. The molecular formula is C44H52ClF6N4O2+. The van der Waals surface area contributed by atoms with Gasteiger partial charge in [-0.15, -0.1) is 0 Å². The van der Waals surface area contributed by atoms with E-state index in [9.17, 15) is 35.9 Å². The smallest absolute Gasteiger partial charge is 0.347 e. The number of carbonyl (C=O) groups is 2. The number of hydrogen-bond acceptors (Lipinski definition) is 3. The van der Waals surface area contributed by atoms with Crippen LogP contribution in [0.2, 0.25) is 0 Å². The van der Waals surface area contributed by atoms with E-state index < -0.39 is 37.3 Å². The molecule has 2 aromatic rings. The molecule has 3 aliphatic rings. The first-order valence-electron chi connectivity index (χ1n) is 19.6. The van der Waals surface area contributed by atoms with E-state index in [1.165, 1.54) is 0 Å². The van der Waals surface area contributed by atoms with Crippen LogP contribution in [0.5, 0.6) is 0 Å². The monoisotopic (exact) mass is 817 g/mol. The third kappa shape index (κ3) is 11.0. The Labute approximate surface area is 336 Å². The molecule has 0 bridgehead atoms. The largest absolute Gasteiger partial charge is 0.405 e. The fourth-order valence-electron chi connectivity index (χ4n) is 8.02. The van der Waals surface area contributed by atoms with Gasteiger partial charge in [0, 0.05) is 65.3 Å². The van der Waals surface area contributed by atoms with E-state index in [2.05, 4.69) is 85.7 Å². The second-order valence-corrected chi connectivity index (χ2v) is 16.3. The standard InChI is InChI=1S/C44H51ClF6N4O2/c1-41(2)32-16-5-7-18-34(32)54(26-11-9-20-38(56)52-28-43(46,47)48)36(41)24-22-30-14-13-15-31(40(30)45)23-25-37-42(3,4)33-17-6-8-19-35(33)55(37)27-12-10-21-39(57)53-29-44(49,50)51/h5-8,16-19,22-25H,9-15,20-21,26-29H2,1-4H3,(H-,52,53,56,57)/p+1. The van der Waals surface area contributed by atoms with Crippen molar-refractivity contribution in [1.29, 1.82) is 0 Å². The van der Waals surface area contributed by atoms with Crippen LogP contribution in [0.25, 0.3) is 0 Å².